The summed E-state index contributed by atoms with van der Waals surface area (Å²) in [5.74, 6) is 0. The van der Waals surface area contributed by atoms with Gasteiger partial charge in [0.25, 0.3) is 5.56 Å². The van der Waals surface area contributed by atoms with Crippen LogP contribution in [0.5, 0.6) is 0 Å². The first-order valence-electron chi connectivity index (χ1n) is 3.30. The third kappa shape index (κ3) is 0.902. The smallest absolute Gasteiger partial charge is 0.346 e. The Bertz CT molecular complexity index is 433. The van der Waals surface area contributed by atoms with E-state index in [0.29, 0.717) is 5.39 Å². The van der Waals surface area contributed by atoms with Gasteiger partial charge in [0.1, 0.15) is 0 Å². The number of nitrogens with zero attached hydrogens (tertiary/aromatic N) is 1. The van der Waals surface area contributed by atoms with Crippen molar-refractivity contribution in [1.29, 1.82) is 0 Å². The van der Waals surface area contributed by atoms with E-state index in [-0.39, 0.29) is 6.99 Å². The standard InChI is InChI=1S/C8H6N2O/c11-8-6-3-1-2-4-7(6)9-5-10-8/h1-5H,(H,9,10,11)/p+1. The second-order valence-corrected chi connectivity index (χ2v) is 2.25. The lowest BCUT2D eigenvalue weighted by molar-refractivity contribution is 1.17. The molecule has 0 aliphatic heterocycles. The highest BCUT2D eigenvalue weighted by Crippen LogP contribution is 2.02. The monoisotopic (exact) mass is 147 g/mol. The molecule has 0 bridgehead atoms. The molecule has 0 atom stereocenters. The van der Waals surface area contributed by atoms with Crippen LogP contribution in [0, 0.1) is 0 Å². The summed E-state index contributed by atoms with van der Waals surface area (Å²) in [7, 11) is 0. The zero-order valence-electron chi connectivity index (χ0n) is 6.74. The van der Waals surface area contributed by atoms with Gasteiger partial charge >= 0.3 is 1.43 Å². The predicted molar refractivity (Wildman–Crippen MR) is 43.5 cm³/mol. The fraction of sp³-hybridized carbons (Fsp3) is 0. The first kappa shape index (κ1) is 6.09. The number of para-hydroxylation sites is 1. The Morgan fingerprint density at radius 2 is 2.18 bits per heavy atom. The summed E-state index contributed by atoms with van der Waals surface area (Å²) in [5, 5.41) is 0.634. The predicted octanol–water partition coefficient (Wildman–Crippen LogP) is 1.04. The lowest BCUT2D eigenvalue weighted by Gasteiger charge is -1.92. The molecule has 3 nitrogen and oxygen atoms in total. The maximum Gasteiger partial charge on any atom is 1.00 e. The molecule has 2 aromatic rings. The van der Waals surface area contributed by atoms with Crippen molar-refractivity contribution in [3.05, 3.63) is 40.9 Å². The van der Waals surface area contributed by atoms with Gasteiger partial charge in [0.05, 0.1) is 17.2 Å². The topological polar surface area (TPSA) is 45.8 Å². The Hall–Kier alpha value is -1.64. The third-order valence-electron chi connectivity index (χ3n) is 1.56. The van der Waals surface area contributed by atoms with Gasteiger partial charge in [0, 0.05) is 0 Å². The lowest BCUT2D eigenvalue weighted by atomic mass is 10.2. The van der Waals surface area contributed by atoms with E-state index in [4.69, 9.17) is 0 Å². The maximum atomic E-state index is 11.0. The molecular weight excluding hydrogens is 140 g/mol. The number of aromatic nitrogens is 2. The normalized spacial score (nSPS) is 10.2. The SMILES string of the molecule is O=c1nc[nH]c2ccccc12.[H+]. The van der Waals surface area contributed by atoms with Crippen LogP contribution in [0.2, 0.25) is 0 Å². The number of H-pyrrole nitrogens is 1. The zero-order valence-corrected chi connectivity index (χ0v) is 5.74. The number of fused-ring (bicyclic) bond motifs is 1. The maximum absolute atomic E-state index is 11.0. The van der Waals surface area contributed by atoms with Gasteiger partial charge in [-0.1, -0.05) is 12.1 Å². The largest absolute Gasteiger partial charge is 1.00 e. The van der Waals surface area contributed by atoms with Crippen molar-refractivity contribution >= 4 is 10.9 Å². The molecule has 0 saturated carbocycles. The fourth-order valence-electron chi connectivity index (χ4n) is 1.03. The molecule has 0 unspecified atom stereocenters. The molecule has 1 aromatic heterocycles. The Kier molecular flexibility index (Phi) is 1.22. The lowest BCUT2D eigenvalue weighted by Crippen LogP contribution is -2.05. The van der Waals surface area contributed by atoms with Crippen LogP contribution in [0.25, 0.3) is 10.9 Å². The van der Waals surface area contributed by atoms with Crippen LogP contribution in [-0.4, -0.2) is 9.97 Å². The molecule has 0 saturated heterocycles. The van der Waals surface area contributed by atoms with E-state index in [9.17, 15) is 4.79 Å². The highest BCUT2D eigenvalue weighted by Gasteiger charge is 1.94. The first-order valence-corrected chi connectivity index (χ1v) is 3.30. The molecule has 1 heterocycles. The number of hydrogen-bond donors (Lipinski definition) is 1. The first-order chi connectivity index (χ1) is 5.38. The van der Waals surface area contributed by atoms with E-state index in [2.05, 4.69) is 9.97 Å². The van der Waals surface area contributed by atoms with E-state index >= 15 is 0 Å². The van der Waals surface area contributed by atoms with Crippen LogP contribution in [0.4, 0.5) is 0 Å². The summed E-state index contributed by atoms with van der Waals surface area (Å²) >= 11 is 0. The van der Waals surface area contributed by atoms with Crippen molar-refractivity contribution in [2.45, 2.75) is 0 Å². The Labute approximate surface area is 64.2 Å². The van der Waals surface area contributed by atoms with E-state index in [0.717, 1.165) is 5.52 Å². The number of hydrogen-bond acceptors (Lipinski definition) is 2. The molecule has 1 N–H and O–H groups in total. The minimum absolute atomic E-state index is 0. The molecule has 0 spiro atoms. The fourth-order valence-corrected chi connectivity index (χ4v) is 1.03. The van der Waals surface area contributed by atoms with Gasteiger partial charge in [-0.05, 0) is 12.1 Å². The summed E-state index contributed by atoms with van der Waals surface area (Å²) in [5.41, 5.74) is 0.645. The van der Waals surface area contributed by atoms with E-state index < -0.39 is 0 Å². The average Bonchev–Trinajstić information content (AvgIpc) is 2.06. The molecular formula is C8H7N2O+. The quantitative estimate of drug-likeness (QED) is 0.605. The van der Waals surface area contributed by atoms with Crippen molar-refractivity contribution < 1.29 is 1.43 Å². The van der Waals surface area contributed by atoms with Crippen LogP contribution in [0.15, 0.2) is 35.4 Å². The zero-order chi connectivity index (χ0) is 7.68. The van der Waals surface area contributed by atoms with Crippen molar-refractivity contribution in [3.63, 3.8) is 0 Å². The molecule has 0 aliphatic rings. The third-order valence-corrected chi connectivity index (χ3v) is 1.56. The van der Waals surface area contributed by atoms with Crippen molar-refractivity contribution in [3.8, 4) is 0 Å². The number of nitrogens with one attached hydrogen (secondary N) is 1. The molecule has 2 rings (SSSR count). The minimum atomic E-state index is -0.181. The summed E-state index contributed by atoms with van der Waals surface area (Å²) < 4.78 is 0. The van der Waals surface area contributed by atoms with Gasteiger partial charge in [0.15, 0.2) is 0 Å². The van der Waals surface area contributed by atoms with Crippen LogP contribution in [0.1, 0.15) is 1.43 Å². The second-order valence-electron chi connectivity index (χ2n) is 2.25. The summed E-state index contributed by atoms with van der Waals surface area (Å²) in [6, 6.07) is 7.29. The second kappa shape index (κ2) is 2.20. The molecule has 0 aliphatic carbocycles. The van der Waals surface area contributed by atoms with Crippen LogP contribution < -0.4 is 5.56 Å². The number of aromatic amines is 1. The molecule has 0 radical (unpaired) electrons. The van der Waals surface area contributed by atoms with E-state index in [1.807, 2.05) is 18.2 Å². The summed E-state index contributed by atoms with van der Waals surface area (Å²) in [4.78, 5) is 17.5. The van der Waals surface area contributed by atoms with E-state index in [1.54, 1.807) is 6.07 Å². The summed E-state index contributed by atoms with van der Waals surface area (Å²) in [6.07, 6.45) is 1.41. The van der Waals surface area contributed by atoms with Gasteiger partial charge in [-0.15, -0.1) is 0 Å². The minimum Gasteiger partial charge on any atom is -0.346 e. The molecule has 11 heavy (non-hydrogen) atoms. The van der Waals surface area contributed by atoms with Gasteiger partial charge in [0.2, 0.25) is 0 Å². The Balaban J connectivity index is 0.000000720. The molecule has 54 valence electrons. The summed E-state index contributed by atoms with van der Waals surface area (Å²) in [6.45, 7) is 0. The Morgan fingerprint density at radius 3 is 3.00 bits per heavy atom. The van der Waals surface area contributed by atoms with E-state index in [1.165, 1.54) is 6.33 Å². The van der Waals surface area contributed by atoms with Gasteiger partial charge in [-0.2, -0.15) is 4.98 Å². The highest BCUT2D eigenvalue weighted by atomic mass is 16.1. The van der Waals surface area contributed by atoms with Crippen LogP contribution >= 0.6 is 0 Å². The number of rotatable bonds is 0. The Morgan fingerprint density at radius 1 is 1.36 bits per heavy atom. The average molecular weight is 147 g/mol. The number of benzene rings is 1. The van der Waals surface area contributed by atoms with Gasteiger partial charge in [-0.25, -0.2) is 0 Å². The van der Waals surface area contributed by atoms with Crippen molar-refractivity contribution in [2.75, 3.05) is 0 Å². The van der Waals surface area contributed by atoms with Crippen molar-refractivity contribution in [1.82, 2.24) is 9.97 Å². The van der Waals surface area contributed by atoms with Gasteiger partial charge in [-0.3, -0.25) is 4.79 Å². The molecule has 1 aromatic carbocycles. The van der Waals surface area contributed by atoms with Gasteiger partial charge < -0.3 is 4.98 Å². The highest BCUT2D eigenvalue weighted by molar-refractivity contribution is 5.76. The molecule has 0 fully saturated rings. The van der Waals surface area contributed by atoms with Crippen molar-refractivity contribution in [2.24, 2.45) is 0 Å². The van der Waals surface area contributed by atoms with Crippen LogP contribution in [0.3, 0.4) is 0 Å². The molecule has 0 amide bonds. The van der Waals surface area contributed by atoms with Crippen LogP contribution in [-0.2, 0) is 0 Å². The molecule has 3 heteroatoms.